The molecule has 0 saturated carbocycles. The van der Waals surface area contributed by atoms with Gasteiger partial charge in [-0.25, -0.2) is 0 Å². The van der Waals surface area contributed by atoms with Crippen molar-refractivity contribution in [2.45, 2.75) is 39.2 Å². The molecule has 0 atom stereocenters. The van der Waals surface area contributed by atoms with Crippen LogP contribution in [0.2, 0.25) is 0 Å². The van der Waals surface area contributed by atoms with Gasteiger partial charge < -0.3 is 10.2 Å². The Bertz CT molecular complexity index is 274. The number of carbonyl (C=O) groups is 2. The number of likely N-dealkylation sites (tertiary alicyclic amines) is 1. The van der Waals surface area contributed by atoms with Crippen molar-refractivity contribution in [3.05, 3.63) is 0 Å². The number of nitrogens with zero attached hydrogens (tertiary/aromatic N) is 1. The fourth-order valence-electron chi connectivity index (χ4n) is 2.00. The standard InChI is InChI=1S/C12H21ClN2O2/c1-9(2)12(17)15-7-4-10(5-8-15)14-11(16)3-6-13/h9-10H,3-8H2,1-2H3,(H,14,16). The monoisotopic (exact) mass is 260 g/mol. The summed E-state index contributed by atoms with van der Waals surface area (Å²) in [5.74, 6) is 0.623. The summed E-state index contributed by atoms with van der Waals surface area (Å²) in [6.45, 7) is 5.30. The molecule has 4 nitrogen and oxygen atoms in total. The first-order chi connectivity index (χ1) is 8.04. The average molecular weight is 261 g/mol. The van der Waals surface area contributed by atoms with E-state index in [2.05, 4.69) is 5.32 Å². The van der Waals surface area contributed by atoms with Gasteiger partial charge in [0.1, 0.15) is 0 Å². The molecule has 0 bridgehead atoms. The number of nitrogens with one attached hydrogen (secondary N) is 1. The van der Waals surface area contributed by atoms with E-state index < -0.39 is 0 Å². The van der Waals surface area contributed by atoms with E-state index >= 15 is 0 Å². The Labute approximate surface area is 108 Å². The van der Waals surface area contributed by atoms with Crippen LogP contribution in [-0.4, -0.2) is 41.7 Å². The molecule has 1 saturated heterocycles. The van der Waals surface area contributed by atoms with Gasteiger partial charge in [-0.2, -0.15) is 0 Å². The molecule has 1 N–H and O–H groups in total. The number of carbonyl (C=O) groups excluding carboxylic acids is 2. The largest absolute Gasteiger partial charge is 0.353 e. The molecular weight excluding hydrogens is 240 g/mol. The van der Waals surface area contributed by atoms with Crippen LogP contribution in [0, 0.1) is 5.92 Å². The fourth-order valence-corrected chi connectivity index (χ4v) is 2.17. The minimum atomic E-state index is 0.00800. The van der Waals surface area contributed by atoms with Gasteiger partial charge >= 0.3 is 0 Å². The molecule has 98 valence electrons. The summed E-state index contributed by atoms with van der Waals surface area (Å²) in [4.78, 5) is 25.0. The van der Waals surface area contributed by atoms with E-state index in [0.717, 1.165) is 25.9 Å². The summed E-state index contributed by atoms with van der Waals surface area (Å²) >= 11 is 5.50. The number of alkyl halides is 1. The molecule has 5 heteroatoms. The van der Waals surface area contributed by atoms with E-state index in [-0.39, 0.29) is 23.8 Å². The van der Waals surface area contributed by atoms with Gasteiger partial charge in [-0.3, -0.25) is 9.59 Å². The second-order valence-corrected chi connectivity index (χ2v) is 5.14. The number of hydrogen-bond acceptors (Lipinski definition) is 2. The van der Waals surface area contributed by atoms with E-state index in [9.17, 15) is 9.59 Å². The van der Waals surface area contributed by atoms with Crippen LogP contribution in [0.4, 0.5) is 0 Å². The highest BCUT2D eigenvalue weighted by molar-refractivity contribution is 6.18. The Balaban J connectivity index is 2.31. The molecule has 1 aliphatic rings. The number of halogens is 1. The molecule has 1 aliphatic heterocycles. The van der Waals surface area contributed by atoms with Crippen LogP contribution in [-0.2, 0) is 9.59 Å². The van der Waals surface area contributed by atoms with Crippen LogP contribution < -0.4 is 5.32 Å². The summed E-state index contributed by atoms with van der Waals surface area (Å²) in [6, 6.07) is 0.196. The van der Waals surface area contributed by atoms with Crippen molar-refractivity contribution >= 4 is 23.4 Å². The second kappa shape index (κ2) is 6.84. The zero-order chi connectivity index (χ0) is 12.8. The zero-order valence-electron chi connectivity index (χ0n) is 10.5. The van der Waals surface area contributed by atoms with E-state index in [0.29, 0.717) is 12.3 Å². The molecule has 2 amide bonds. The highest BCUT2D eigenvalue weighted by Gasteiger charge is 2.24. The number of amides is 2. The molecule has 1 rings (SSSR count). The summed E-state index contributed by atoms with van der Waals surface area (Å²) in [7, 11) is 0. The quantitative estimate of drug-likeness (QED) is 0.777. The van der Waals surface area contributed by atoms with Crippen LogP contribution in [0.1, 0.15) is 33.1 Å². The Morgan fingerprint density at radius 2 is 1.94 bits per heavy atom. The zero-order valence-corrected chi connectivity index (χ0v) is 11.3. The van der Waals surface area contributed by atoms with Gasteiger partial charge in [0.2, 0.25) is 11.8 Å². The SMILES string of the molecule is CC(C)C(=O)N1CCC(NC(=O)CCCl)CC1. The summed E-state index contributed by atoms with van der Waals surface area (Å²) in [6.07, 6.45) is 2.05. The lowest BCUT2D eigenvalue weighted by atomic mass is 10.0. The Morgan fingerprint density at radius 3 is 2.41 bits per heavy atom. The predicted octanol–water partition coefficient (Wildman–Crippen LogP) is 1.38. The smallest absolute Gasteiger partial charge is 0.225 e. The van der Waals surface area contributed by atoms with Gasteiger partial charge in [0.25, 0.3) is 0 Å². The summed E-state index contributed by atoms with van der Waals surface area (Å²) in [5, 5.41) is 2.95. The van der Waals surface area contributed by atoms with Crippen molar-refractivity contribution in [1.82, 2.24) is 10.2 Å². The van der Waals surface area contributed by atoms with Crippen LogP contribution in [0.15, 0.2) is 0 Å². The highest BCUT2D eigenvalue weighted by Crippen LogP contribution is 2.13. The van der Waals surface area contributed by atoms with E-state index in [1.165, 1.54) is 0 Å². The van der Waals surface area contributed by atoms with Crippen LogP contribution >= 0.6 is 11.6 Å². The molecule has 0 unspecified atom stereocenters. The van der Waals surface area contributed by atoms with Crippen molar-refractivity contribution in [3.8, 4) is 0 Å². The van der Waals surface area contributed by atoms with Gasteiger partial charge in [-0.1, -0.05) is 13.8 Å². The Kier molecular flexibility index (Phi) is 5.75. The van der Waals surface area contributed by atoms with Crippen molar-refractivity contribution < 1.29 is 9.59 Å². The first kappa shape index (κ1) is 14.3. The van der Waals surface area contributed by atoms with Gasteiger partial charge in [0.05, 0.1) is 0 Å². The van der Waals surface area contributed by atoms with Crippen molar-refractivity contribution in [3.63, 3.8) is 0 Å². The molecule has 17 heavy (non-hydrogen) atoms. The lowest BCUT2D eigenvalue weighted by Gasteiger charge is -2.33. The predicted molar refractivity (Wildman–Crippen MR) is 67.9 cm³/mol. The summed E-state index contributed by atoms with van der Waals surface area (Å²) in [5.41, 5.74) is 0. The topological polar surface area (TPSA) is 49.4 Å². The van der Waals surface area contributed by atoms with Crippen LogP contribution in [0.5, 0.6) is 0 Å². The minimum absolute atomic E-state index is 0.00800. The number of hydrogen-bond donors (Lipinski definition) is 1. The third kappa shape index (κ3) is 4.54. The van der Waals surface area contributed by atoms with Crippen molar-refractivity contribution in [2.75, 3.05) is 19.0 Å². The molecular formula is C12H21ClN2O2. The molecule has 1 fully saturated rings. The number of rotatable bonds is 4. The van der Waals surface area contributed by atoms with Crippen LogP contribution in [0.3, 0.4) is 0 Å². The van der Waals surface area contributed by atoms with Crippen LogP contribution in [0.25, 0.3) is 0 Å². The van der Waals surface area contributed by atoms with Crippen molar-refractivity contribution in [1.29, 1.82) is 0 Å². The van der Waals surface area contributed by atoms with E-state index in [1.807, 2.05) is 18.7 Å². The maximum Gasteiger partial charge on any atom is 0.225 e. The van der Waals surface area contributed by atoms with Gasteiger partial charge in [0.15, 0.2) is 0 Å². The first-order valence-corrected chi connectivity index (χ1v) is 6.72. The minimum Gasteiger partial charge on any atom is -0.353 e. The lowest BCUT2D eigenvalue weighted by Crippen LogP contribution is -2.47. The fraction of sp³-hybridized carbons (Fsp3) is 0.833. The first-order valence-electron chi connectivity index (χ1n) is 6.18. The highest BCUT2D eigenvalue weighted by atomic mass is 35.5. The maximum absolute atomic E-state index is 11.8. The van der Waals surface area contributed by atoms with Gasteiger partial charge in [-0.05, 0) is 12.8 Å². The molecule has 0 aromatic heterocycles. The Morgan fingerprint density at radius 1 is 1.35 bits per heavy atom. The molecule has 0 aromatic rings. The molecule has 1 heterocycles. The molecule has 0 radical (unpaired) electrons. The molecule has 0 spiro atoms. The normalized spacial score (nSPS) is 17.3. The van der Waals surface area contributed by atoms with Gasteiger partial charge in [0, 0.05) is 37.4 Å². The second-order valence-electron chi connectivity index (χ2n) is 4.76. The maximum atomic E-state index is 11.8. The summed E-state index contributed by atoms with van der Waals surface area (Å²) < 4.78 is 0. The Hall–Kier alpha value is -0.770. The number of piperidine rings is 1. The van der Waals surface area contributed by atoms with Gasteiger partial charge in [-0.15, -0.1) is 11.6 Å². The lowest BCUT2D eigenvalue weighted by molar-refractivity contribution is -0.135. The third-order valence-corrected chi connectivity index (χ3v) is 3.18. The average Bonchev–Trinajstić information content (AvgIpc) is 2.29. The molecule has 0 aliphatic carbocycles. The molecule has 0 aromatic carbocycles. The third-order valence-electron chi connectivity index (χ3n) is 2.99. The van der Waals surface area contributed by atoms with E-state index in [1.54, 1.807) is 0 Å². The van der Waals surface area contributed by atoms with E-state index in [4.69, 9.17) is 11.6 Å². The van der Waals surface area contributed by atoms with Crippen molar-refractivity contribution in [2.24, 2.45) is 5.92 Å².